The lowest BCUT2D eigenvalue weighted by molar-refractivity contribution is -0.123. The maximum Gasteiger partial charge on any atom is 0.164 e. The number of rotatable bonds is 0. The predicted octanol–water partition coefficient (Wildman–Crippen LogP) is 1.74. The first-order valence-corrected chi connectivity index (χ1v) is 6.50. The second-order valence-electron chi connectivity index (χ2n) is 6.93. The molecule has 0 bridgehead atoms. The van der Waals surface area contributed by atoms with E-state index in [-0.39, 0.29) is 11.2 Å². The van der Waals surface area contributed by atoms with Crippen LogP contribution in [0.15, 0.2) is 23.3 Å². The molecule has 0 unspecified atom stereocenters. The molecular weight excluding hydrogens is 228 g/mol. The molecule has 0 heterocycles. The third-order valence-electron chi connectivity index (χ3n) is 5.45. The van der Waals surface area contributed by atoms with Crippen molar-refractivity contribution >= 4 is 5.78 Å². The summed E-state index contributed by atoms with van der Waals surface area (Å²) in [5.41, 5.74) is 0.467. The van der Waals surface area contributed by atoms with Crippen LogP contribution in [0.5, 0.6) is 0 Å². The molecule has 3 aliphatic carbocycles. The summed E-state index contributed by atoms with van der Waals surface area (Å²) in [4.78, 5) is 12.4. The Balaban J connectivity index is 2.15. The number of carbonyl (C=O) groups is 1. The van der Waals surface area contributed by atoms with Crippen molar-refractivity contribution in [3.63, 3.8) is 0 Å². The van der Waals surface area contributed by atoms with Gasteiger partial charge in [0.2, 0.25) is 0 Å². The summed E-state index contributed by atoms with van der Waals surface area (Å²) >= 11 is 0. The van der Waals surface area contributed by atoms with Gasteiger partial charge < -0.3 is 10.2 Å². The molecule has 3 atom stereocenters. The zero-order chi connectivity index (χ0) is 13.5. The van der Waals surface area contributed by atoms with Crippen molar-refractivity contribution in [1.29, 1.82) is 0 Å². The molecule has 3 heteroatoms. The van der Waals surface area contributed by atoms with E-state index in [1.165, 1.54) is 0 Å². The Kier molecular flexibility index (Phi) is 2.00. The van der Waals surface area contributed by atoms with Gasteiger partial charge in [0.25, 0.3) is 0 Å². The van der Waals surface area contributed by atoms with Gasteiger partial charge in [0.1, 0.15) is 0 Å². The van der Waals surface area contributed by atoms with Crippen LogP contribution in [0.1, 0.15) is 40.0 Å². The van der Waals surface area contributed by atoms with E-state index in [0.717, 1.165) is 11.1 Å². The minimum Gasteiger partial charge on any atom is -0.389 e. The highest BCUT2D eigenvalue weighted by Gasteiger charge is 2.66. The summed E-state index contributed by atoms with van der Waals surface area (Å²) in [6, 6.07) is 0. The number of aliphatic hydroxyl groups excluding tert-OH is 1. The highest BCUT2D eigenvalue weighted by atomic mass is 16.3. The molecule has 1 fully saturated rings. The normalized spacial score (nSPS) is 45.7. The van der Waals surface area contributed by atoms with E-state index in [0.29, 0.717) is 24.8 Å². The minimum absolute atomic E-state index is 0.156. The summed E-state index contributed by atoms with van der Waals surface area (Å²) in [7, 11) is 0. The molecule has 0 aromatic rings. The average Bonchev–Trinajstić information content (AvgIpc) is 2.67. The molecule has 1 saturated carbocycles. The molecule has 0 spiro atoms. The van der Waals surface area contributed by atoms with Crippen molar-refractivity contribution in [2.75, 3.05) is 0 Å². The summed E-state index contributed by atoms with van der Waals surface area (Å²) in [6.45, 7) is 9.80. The highest BCUT2D eigenvalue weighted by molar-refractivity contribution is 6.04. The zero-order valence-electron chi connectivity index (χ0n) is 11.2. The van der Waals surface area contributed by atoms with Crippen LogP contribution in [-0.2, 0) is 4.79 Å². The topological polar surface area (TPSA) is 57.5 Å². The summed E-state index contributed by atoms with van der Waals surface area (Å²) in [5.74, 6) is 0.156. The number of aliphatic hydroxyl groups is 2. The van der Waals surface area contributed by atoms with Crippen molar-refractivity contribution in [2.45, 2.75) is 51.7 Å². The first-order chi connectivity index (χ1) is 8.13. The number of carbonyl (C=O) groups excluding carboxylic acids is 1. The smallest absolute Gasteiger partial charge is 0.164 e. The van der Waals surface area contributed by atoms with Gasteiger partial charge in [0.05, 0.1) is 11.7 Å². The quantitative estimate of drug-likeness (QED) is 0.642. The Morgan fingerprint density at radius 2 is 1.89 bits per heavy atom. The Labute approximate surface area is 107 Å². The van der Waals surface area contributed by atoms with E-state index in [9.17, 15) is 15.0 Å². The van der Waals surface area contributed by atoms with Gasteiger partial charge in [0, 0.05) is 23.7 Å². The molecule has 0 radical (unpaired) electrons. The monoisotopic (exact) mass is 248 g/mol. The van der Waals surface area contributed by atoms with Crippen molar-refractivity contribution in [1.82, 2.24) is 0 Å². The number of hydrogen-bond donors (Lipinski definition) is 2. The standard InChI is InChI=1S/C15H20O3/c1-8-11(16)7-15(18)5-9-10(14(8,15)4)6-13(2,3)12(9)17/h11,16,18H,1,5-7H2,2-4H3/t11-,14-,15+/m0/s1. The number of ketones is 1. The number of fused-ring (bicyclic) bond motifs is 2. The van der Waals surface area contributed by atoms with Crippen molar-refractivity contribution < 1.29 is 15.0 Å². The number of hydrogen-bond acceptors (Lipinski definition) is 3. The largest absolute Gasteiger partial charge is 0.389 e. The van der Waals surface area contributed by atoms with Gasteiger partial charge in [-0.25, -0.2) is 0 Å². The fraction of sp³-hybridized carbons (Fsp3) is 0.667. The maximum atomic E-state index is 12.4. The summed E-state index contributed by atoms with van der Waals surface area (Å²) in [6.07, 6.45) is 0.680. The highest BCUT2D eigenvalue weighted by Crippen LogP contribution is 2.66. The molecule has 3 nitrogen and oxygen atoms in total. The summed E-state index contributed by atoms with van der Waals surface area (Å²) in [5, 5.41) is 20.8. The predicted molar refractivity (Wildman–Crippen MR) is 67.9 cm³/mol. The molecule has 0 saturated heterocycles. The van der Waals surface area contributed by atoms with Gasteiger partial charge in [0.15, 0.2) is 5.78 Å². The van der Waals surface area contributed by atoms with Gasteiger partial charge in [-0.3, -0.25) is 4.79 Å². The van der Waals surface area contributed by atoms with Gasteiger partial charge in [-0.1, -0.05) is 20.4 Å². The van der Waals surface area contributed by atoms with Crippen LogP contribution in [-0.4, -0.2) is 27.7 Å². The van der Waals surface area contributed by atoms with E-state index in [1.54, 1.807) is 0 Å². The van der Waals surface area contributed by atoms with Gasteiger partial charge >= 0.3 is 0 Å². The first kappa shape index (κ1) is 12.1. The van der Waals surface area contributed by atoms with Gasteiger partial charge in [-0.05, 0) is 30.1 Å². The van der Waals surface area contributed by atoms with Crippen LogP contribution in [0.3, 0.4) is 0 Å². The lowest BCUT2D eigenvalue weighted by Crippen LogP contribution is -2.41. The third kappa shape index (κ3) is 1.06. The molecule has 0 amide bonds. The van der Waals surface area contributed by atoms with Crippen molar-refractivity contribution in [3.05, 3.63) is 23.3 Å². The molecule has 18 heavy (non-hydrogen) atoms. The van der Waals surface area contributed by atoms with Crippen molar-refractivity contribution in [2.24, 2.45) is 10.8 Å². The Morgan fingerprint density at radius 1 is 1.28 bits per heavy atom. The Hall–Kier alpha value is -0.930. The molecule has 3 aliphatic rings. The molecule has 2 N–H and O–H groups in total. The van der Waals surface area contributed by atoms with Crippen LogP contribution in [0.2, 0.25) is 0 Å². The SMILES string of the molecule is C=C1[C@@H](O)C[C@]2(O)CC3=C(CC(C)(C)C3=O)[C@]12C. The lowest BCUT2D eigenvalue weighted by atomic mass is 9.69. The third-order valence-corrected chi connectivity index (χ3v) is 5.45. The Morgan fingerprint density at radius 3 is 2.50 bits per heavy atom. The average molecular weight is 248 g/mol. The van der Waals surface area contributed by atoms with Crippen LogP contribution in [0, 0.1) is 10.8 Å². The second-order valence-corrected chi connectivity index (χ2v) is 6.93. The van der Waals surface area contributed by atoms with Crippen LogP contribution < -0.4 is 0 Å². The molecule has 0 aliphatic heterocycles. The Bertz CT molecular complexity index is 514. The maximum absolute atomic E-state index is 12.4. The fourth-order valence-electron chi connectivity index (χ4n) is 4.14. The molecule has 0 aromatic carbocycles. The minimum atomic E-state index is -1.01. The van der Waals surface area contributed by atoms with E-state index in [2.05, 4.69) is 6.58 Å². The van der Waals surface area contributed by atoms with Gasteiger partial charge in [-0.15, -0.1) is 0 Å². The van der Waals surface area contributed by atoms with E-state index < -0.39 is 17.1 Å². The van der Waals surface area contributed by atoms with E-state index in [1.807, 2.05) is 20.8 Å². The van der Waals surface area contributed by atoms with Crippen LogP contribution in [0.4, 0.5) is 0 Å². The zero-order valence-corrected chi connectivity index (χ0v) is 11.2. The van der Waals surface area contributed by atoms with Crippen molar-refractivity contribution in [3.8, 4) is 0 Å². The van der Waals surface area contributed by atoms with Crippen LogP contribution in [0.25, 0.3) is 0 Å². The first-order valence-electron chi connectivity index (χ1n) is 6.50. The van der Waals surface area contributed by atoms with Gasteiger partial charge in [-0.2, -0.15) is 0 Å². The molecule has 3 rings (SSSR count). The number of Topliss-reactive ketones (excluding diaryl/α,β-unsaturated/α-hetero) is 1. The summed E-state index contributed by atoms with van der Waals surface area (Å²) < 4.78 is 0. The van der Waals surface area contributed by atoms with E-state index in [4.69, 9.17) is 0 Å². The lowest BCUT2D eigenvalue weighted by Gasteiger charge is -2.38. The molecular formula is C15H20O3. The van der Waals surface area contributed by atoms with E-state index >= 15 is 0 Å². The molecule has 98 valence electrons. The molecule has 0 aromatic heterocycles. The fourth-order valence-corrected chi connectivity index (χ4v) is 4.14. The second kappa shape index (κ2) is 2.97. The van der Waals surface area contributed by atoms with Crippen LogP contribution >= 0.6 is 0 Å².